The smallest absolute Gasteiger partial charge is 0.243 e. The minimum absolute atomic E-state index is 0.248. The Bertz CT molecular complexity index is 591. The number of primary amides is 1. The summed E-state index contributed by atoms with van der Waals surface area (Å²) in [6.45, 7) is 4.37. The summed E-state index contributed by atoms with van der Waals surface area (Å²) in [4.78, 5) is 16.2. The second-order valence-electron chi connectivity index (χ2n) is 5.27. The number of hydrogen-bond acceptors (Lipinski definition) is 3. The molecule has 1 unspecified atom stereocenters. The van der Waals surface area contributed by atoms with Gasteiger partial charge in [-0.15, -0.1) is 0 Å². The topological polar surface area (TPSA) is 86.9 Å². The van der Waals surface area contributed by atoms with E-state index in [2.05, 4.69) is 4.98 Å². The van der Waals surface area contributed by atoms with Crippen molar-refractivity contribution in [1.29, 1.82) is 0 Å². The van der Waals surface area contributed by atoms with Crippen LogP contribution in [0, 0.1) is 0 Å². The Morgan fingerprint density at radius 1 is 1.35 bits per heavy atom. The molecule has 1 atom stereocenters. The van der Waals surface area contributed by atoms with Crippen molar-refractivity contribution in [2.75, 3.05) is 0 Å². The van der Waals surface area contributed by atoms with Crippen molar-refractivity contribution < 1.29 is 4.79 Å². The van der Waals surface area contributed by atoms with E-state index in [0.29, 0.717) is 5.56 Å². The maximum Gasteiger partial charge on any atom is 0.243 e. The summed E-state index contributed by atoms with van der Waals surface area (Å²) >= 11 is 0. The van der Waals surface area contributed by atoms with Crippen LogP contribution in [0.2, 0.25) is 0 Å². The molecule has 0 aliphatic carbocycles. The van der Waals surface area contributed by atoms with E-state index in [9.17, 15) is 4.79 Å². The van der Waals surface area contributed by atoms with Gasteiger partial charge in [0.25, 0.3) is 0 Å². The van der Waals surface area contributed by atoms with Crippen molar-refractivity contribution in [2.24, 2.45) is 11.5 Å². The van der Waals surface area contributed by atoms with Gasteiger partial charge in [-0.25, -0.2) is 4.98 Å². The third-order valence-electron chi connectivity index (χ3n) is 3.41. The van der Waals surface area contributed by atoms with Crippen LogP contribution in [0.1, 0.15) is 31.2 Å². The van der Waals surface area contributed by atoms with Crippen molar-refractivity contribution in [3.05, 3.63) is 54.1 Å². The fourth-order valence-electron chi connectivity index (χ4n) is 2.27. The largest absolute Gasteiger partial charge is 0.368 e. The first-order chi connectivity index (χ1) is 9.45. The Morgan fingerprint density at radius 2 is 2.00 bits per heavy atom. The van der Waals surface area contributed by atoms with Crippen LogP contribution in [0.15, 0.2) is 42.7 Å². The molecule has 0 saturated carbocycles. The summed E-state index contributed by atoms with van der Waals surface area (Å²) in [5, 5.41) is 0. The van der Waals surface area contributed by atoms with E-state index < -0.39 is 11.4 Å². The van der Waals surface area contributed by atoms with Crippen LogP contribution < -0.4 is 11.5 Å². The number of carbonyl (C=O) groups excluding carboxylic acids is 1. The van der Waals surface area contributed by atoms with Crippen molar-refractivity contribution >= 4 is 5.91 Å². The Labute approximate surface area is 118 Å². The highest BCUT2D eigenvalue weighted by molar-refractivity contribution is 5.85. The SMILES string of the molecule is CC(C)c1nccn1CC(N)(C(N)=O)c1ccccc1. The van der Waals surface area contributed by atoms with Crippen LogP contribution in [-0.4, -0.2) is 15.5 Å². The molecule has 5 nitrogen and oxygen atoms in total. The molecule has 0 aliphatic rings. The van der Waals surface area contributed by atoms with Gasteiger partial charge < -0.3 is 16.0 Å². The molecule has 0 fully saturated rings. The monoisotopic (exact) mass is 272 g/mol. The second kappa shape index (κ2) is 5.46. The van der Waals surface area contributed by atoms with Crippen LogP contribution in [0.4, 0.5) is 0 Å². The van der Waals surface area contributed by atoms with Crippen LogP contribution in [0.25, 0.3) is 0 Å². The number of nitrogens with two attached hydrogens (primary N) is 2. The second-order valence-corrected chi connectivity index (χ2v) is 5.27. The van der Waals surface area contributed by atoms with Gasteiger partial charge in [-0.05, 0) is 5.56 Å². The summed E-state index contributed by atoms with van der Waals surface area (Å²) in [5.41, 5.74) is 11.3. The van der Waals surface area contributed by atoms with Gasteiger partial charge >= 0.3 is 0 Å². The van der Waals surface area contributed by atoms with E-state index in [1.165, 1.54) is 0 Å². The lowest BCUT2D eigenvalue weighted by atomic mass is 9.90. The van der Waals surface area contributed by atoms with Gasteiger partial charge in [0.05, 0.1) is 6.54 Å². The summed E-state index contributed by atoms with van der Waals surface area (Å²) in [5.74, 6) is 0.585. The maximum absolute atomic E-state index is 11.9. The minimum Gasteiger partial charge on any atom is -0.368 e. The van der Waals surface area contributed by atoms with Gasteiger partial charge in [0.1, 0.15) is 11.4 Å². The summed E-state index contributed by atoms with van der Waals surface area (Å²) in [7, 11) is 0. The fraction of sp³-hybridized carbons (Fsp3) is 0.333. The quantitative estimate of drug-likeness (QED) is 0.861. The maximum atomic E-state index is 11.9. The molecule has 106 valence electrons. The molecule has 1 aromatic heterocycles. The van der Waals surface area contributed by atoms with E-state index in [1.807, 2.05) is 54.9 Å². The molecule has 2 aromatic rings. The molecular formula is C15H20N4O. The molecule has 1 heterocycles. The molecule has 5 heteroatoms. The van der Waals surface area contributed by atoms with Crippen LogP contribution in [0.3, 0.4) is 0 Å². The summed E-state index contributed by atoms with van der Waals surface area (Å²) < 4.78 is 1.89. The number of hydrogen-bond donors (Lipinski definition) is 2. The lowest BCUT2D eigenvalue weighted by Gasteiger charge is -2.28. The zero-order valence-electron chi connectivity index (χ0n) is 11.8. The van der Waals surface area contributed by atoms with Gasteiger partial charge in [-0.2, -0.15) is 0 Å². The van der Waals surface area contributed by atoms with E-state index >= 15 is 0 Å². The number of nitrogens with zero attached hydrogens (tertiary/aromatic N) is 2. The molecule has 1 amide bonds. The first-order valence-corrected chi connectivity index (χ1v) is 6.60. The van der Waals surface area contributed by atoms with Gasteiger partial charge in [0, 0.05) is 18.3 Å². The highest BCUT2D eigenvalue weighted by atomic mass is 16.1. The van der Waals surface area contributed by atoms with Crippen molar-refractivity contribution in [2.45, 2.75) is 31.8 Å². The first kappa shape index (κ1) is 14.3. The molecule has 0 spiro atoms. The fourth-order valence-corrected chi connectivity index (χ4v) is 2.27. The molecule has 20 heavy (non-hydrogen) atoms. The number of rotatable bonds is 5. The highest BCUT2D eigenvalue weighted by Gasteiger charge is 2.35. The predicted molar refractivity (Wildman–Crippen MR) is 77.8 cm³/mol. The van der Waals surface area contributed by atoms with Gasteiger partial charge in [0.15, 0.2) is 0 Å². The Balaban J connectivity index is 2.40. The standard InChI is InChI=1S/C15H20N4O/c1-11(2)13-18-8-9-19(13)10-15(17,14(16)20)12-6-4-3-5-7-12/h3-9,11H,10,17H2,1-2H3,(H2,16,20). The zero-order chi connectivity index (χ0) is 14.8. The Hall–Kier alpha value is -2.14. The normalized spacial score (nSPS) is 14.2. The average molecular weight is 272 g/mol. The highest BCUT2D eigenvalue weighted by Crippen LogP contribution is 2.22. The molecule has 0 aliphatic heterocycles. The van der Waals surface area contributed by atoms with E-state index in [1.54, 1.807) is 6.20 Å². The van der Waals surface area contributed by atoms with Crippen LogP contribution in [0.5, 0.6) is 0 Å². The third kappa shape index (κ3) is 2.58. The van der Waals surface area contributed by atoms with Crippen molar-refractivity contribution in [3.8, 4) is 0 Å². The summed E-state index contributed by atoms with van der Waals surface area (Å²) in [6, 6.07) is 9.20. The average Bonchev–Trinajstić information content (AvgIpc) is 2.87. The van der Waals surface area contributed by atoms with Crippen LogP contribution >= 0.6 is 0 Å². The molecular weight excluding hydrogens is 252 g/mol. The van der Waals surface area contributed by atoms with E-state index in [4.69, 9.17) is 11.5 Å². The molecule has 0 bridgehead atoms. The van der Waals surface area contributed by atoms with Crippen molar-refractivity contribution in [1.82, 2.24) is 9.55 Å². The van der Waals surface area contributed by atoms with Gasteiger partial charge in [-0.3, -0.25) is 4.79 Å². The number of benzene rings is 1. The number of aromatic nitrogens is 2. The molecule has 0 radical (unpaired) electrons. The van der Waals surface area contributed by atoms with Gasteiger partial charge in [0.2, 0.25) is 5.91 Å². The van der Waals surface area contributed by atoms with Crippen molar-refractivity contribution in [3.63, 3.8) is 0 Å². The van der Waals surface area contributed by atoms with E-state index in [-0.39, 0.29) is 12.5 Å². The lowest BCUT2D eigenvalue weighted by molar-refractivity contribution is -0.124. The summed E-state index contributed by atoms with van der Waals surface area (Å²) in [6.07, 6.45) is 3.53. The van der Waals surface area contributed by atoms with Gasteiger partial charge in [-0.1, -0.05) is 44.2 Å². The Morgan fingerprint density at radius 3 is 2.55 bits per heavy atom. The molecule has 4 N–H and O–H groups in total. The number of carbonyl (C=O) groups is 1. The first-order valence-electron chi connectivity index (χ1n) is 6.60. The number of imidazole rings is 1. The van der Waals surface area contributed by atoms with Crippen LogP contribution in [-0.2, 0) is 16.9 Å². The predicted octanol–water partition coefficient (Wildman–Crippen LogP) is 1.35. The minimum atomic E-state index is -1.24. The zero-order valence-corrected chi connectivity index (χ0v) is 11.8. The lowest BCUT2D eigenvalue weighted by Crippen LogP contribution is -2.52. The molecule has 2 rings (SSSR count). The number of amides is 1. The molecule has 1 aromatic carbocycles. The molecule has 0 saturated heterocycles. The third-order valence-corrected chi connectivity index (χ3v) is 3.41. The van der Waals surface area contributed by atoms with E-state index in [0.717, 1.165) is 5.82 Å². The Kier molecular flexibility index (Phi) is 3.90.